The zero-order chi connectivity index (χ0) is 18.4. The van der Waals surface area contributed by atoms with Crippen molar-refractivity contribution in [1.29, 1.82) is 0 Å². The second kappa shape index (κ2) is 8.25. The second-order valence-electron chi connectivity index (χ2n) is 5.28. The van der Waals surface area contributed by atoms with Crippen LogP contribution in [0.15, 0.2) is 59.5 Å². The van der Waals surface area contributed by atoms with Crippen LogP contribution in [0.4, 0.5) is 4.79 Å². The first-order valence-electron chi connectivity index (χ1n) is 7.72. The second-order valence-corrected chi connectivity index (χ2v) is 6.33. The number of benzene rings is 2. The summed E-state index contributed by atoms with van der Waals surface area (Å²) < 4.78 is 0. The quantitative estimate of drug-likeness (QED) is 0.248. The molecule has 7 heteroatoms. The van der Waals surface area contributed by atoms with Crippen LogP contribution in [0, 0.1) is 11.8 Å². The Morgan fingerprint density at radius 3 is 2.62 bits per heavy atom. The molecule has 0 unspecified atom stereocenters. The van der Waals surface area contributed by atoms with Crippen LogP contribution in [0.25, 0.3) is 10.9 Å². The third-order valence-electron chi connectivity index (χ3n) is 3.50. The smallest absolute Gasteiger partial charge is 0.307 e. The van der Waals surface area contributed by atoms with Crippen molar-refractivity contribution in [2.75, 3.05) is 6.54 Å². The summed E-state index contributed by atoms with van der Waals surface area (Å²) in [5.74, 6) is 5.61. The van der Waals surface area contributed by atoms with E-state index >= 15 is 0 Å². The Balaban J connectivity index is 1.54. The van der Waals surface area contributed by atoms with E-state index < -0.39 is 5.24 Å². The van der Waals surface area contributed by atoms with Gasteiger partial charge in [-0.1, -0.05) is 30.0 Å². The highest BCUT2D eigenvalue weighted by Gasteiger charge is 2.07. The van der Waals surface area contributed by atoms with Crippen LogP contribution < -0.4 is 10.8 Å². The minimum Gasteiger partial charge on any atom is -0.351 e. The van der Waals surface area contributed by atoms with E-state index in [-0.39, 0.29) is 12.5 Å². The number of H-pyrrole nitrogens is 1. The zero-order valence-corrected chi connectivity index (χ0v) is 14.4. The highest BCUT2D eigenvalue weighted by molar-refractivity contribution is 8.13. The molecular weight excluding hydrogens is 350 g/mol. The van der Waals surface area contributed by atoms with Crippen molar-refractivity contribution < 1.29 is 14.8 Å². The Morgan fingerprint density at radius 2 is 1.88 bits per heavy atom. The van der Waals surface area contributed by atoms with Gasteiger partial charge in [0, 0.05) is 21.4 Å². The summed E-state index contributed by atoms with van der Waals surface area (Å²) in [5.41, 5.74) is 3.73. The number of carbonyl (C=O) groups is 2. The molecule has 0 aliphatic rings. The van der Waals surface area contributed by atoms with Gasteiger partial charge in [-0.2, -0.15) is 0 Å². The first-order chi connectivity index (χ1) is 12.7. The number of carbonyl (C=O) groups excluding carboxylic acids is 2. The van der Waals surface area contributed by atoms with Gasteiger partial charge >= 0.3 is 5.24 Å². The predicted molar refractivity (Wildman–Crippen MR) is 100 cm³/mol. The molecule has 0 radical (unpaired) electrons. The molecule has 4 N–H and O–H groups in total. The molecule has 0 saturated heterocycles. The van der Waals surface area contributed by atoms with Gasteiger partial charge in [-0.05, 0) is 48.2 Å². The fourth-order valence-corrected chi connectivity index (χ4v) is 2.83. The van der Waals surface area contributed by atoms with Crippen LogP contribution in [-0.2, 0) is 0 Å². The lowest BCUT2D eigenvalue weighted by Crippen LogP contribution is -2.23. The molecule has 2 aromatic carbocycles. The zero-order valence-electron chi connectivity index (χ0n) is 13.6. The Labute approximate surface area is 153 Å². The molecule has 0 saturated carbocycles. The summed E-state index contributed by atoms with van der Waals surface area (Å²) in [5, 5.41) is 11.7. The number of fused-ring (bicyclic) bond motifs is 1. The lowest BCUT2D eigenvalue weighted by molar-refractivity contribution is 0.0954. The van der Waals surface area contributed by atoms with Crippen molar-refractivity contribution in [2.45, 2.75) is 4.90 Å². The molecule has 0 spiro atoms. The summed E-state index contributed by atoms with van der Waals surface area (Å²) in [6.07, 6.45) is 0. The molecule has 0 aliphatic heterocycles. The first-order valence-corrected chi connectivity index (χ1v) is 8.54. The molecule has 0 bridgehead atoms. The maximum atomic E-state index is 12.1. The molecule has 6 nitrogen and oxygen atoms in total. The highest BCUT2D eigenvalue weighted by atomic mass is 32.2. The van der Waals surface area contributed by atoms with E-state index in [1.807, 2.05) is 24.3 Å². The number of thioether (sulfide) groups is 1. The fraction of sp³-hybridized carbons (Fsp3) is 0.0526. The summed E-state index contributed by atoms with van der Waals surface area (Å²) >= 11 is 0.875. The molecule has 0 aliphatic carbocycles. The number of para-hydroxylation sites is 1. The van der Waals surface area contributed by atoms with Crippen molar-refractivity contribution in [2.24, 2.45) is 0 Å². The standard InChI is InChI=1S/C19H15N3O3S/c23-18(17-12-14-5-1-2-6-16(14)21-17)20-11-3-4-13-7-9-15(10-8-13)26-19(24)22-25/h1-2,5-10,12,21,25H,11H2,(H,20,23)(H,22,24). The average Bonchev–Trinajstić information content (AvgIpc) is 3.10. The number of nitrogens with one attached hydrogen (secondary N) is 3. The Hall–Kier alpha value is -3.21. The van der Waals surface area contributed by atoms with Gasteiger partial charge in [-0.25, -0.2) is 5.48 Å². The number of hydrogen-bond acceptors (Lipinski definition) is 4. The molecule has 3 rings (SSSR count). The van der Waals surface area contributed by atoms with Crippen molar-refractivity contribution in [1.82, 2.24) is 15.8 Å². The molecule has 2 amide bonds. The summed E-state index contributed by atoms with van der Waals surface area (Å²) in [7, 11) is 0. The van der Waals surface area contributed by atoms with E-state index in [1.54, 1.807) is 35.8 Å². The Kier molecular flexibility index (Phi) is 5.59. The lowest BCUT2D eigenvalue weighted by Gasteiger charge is -1.99. The van der Waals surface area contributed by atoms with Gasteiger partial charge in [0.05, 0.1) is 6.54 Å². The fourth-order valence-electron chi connectivity index (χ4n) is 2.30. The SMILES string of the molecule is O=C(NO)Sc1ccc(C#CCNC(=O)c2cc3ccccc3[nH]2)cc1. The molecule has 0 atom stereocenters. The summed E-state index contributed by atoms with van der Waals surface area (Å²) in [6.45, 7) is 0.220. The molecule has 26 heavy (non-hydrogen) atoms. The van der Waals surface area contributed by atoms with Gasteiger partial charge in [-0.15, -0.1) is 0 Å². The third kappa shape index (κ3) is 4.45. The average molecular weight is 365 g/mol. The van der Waals surface area contributed by atoms with Gasteiger partial charge in [-0.3, -0.25) is 14.8 Å². The summed E-state index contributed by atoms with van der Waals surface area (Å²) in [4.78, 5) is 26.9. The van der Waals surface area contributed by atoms with Crippen LogP contribution in [0.2, 0.25) is 0 Å². The predicted octanol–water partition coefficient (Wildman–Crippen LogP) is 3.14. The van der Waals surface area contributed by atoms with Gasteiger partial charge in [0.2, 0.25) is 0 Å². The van der Waals surface area contributed by atoms with Crippen molar-refractivity contribution in [3.8, 4) is 11.8 Å². The largest absolute Gasteiger partial charge is 0.351 e. The molecular formula is C19H15N3O3S. The minimum absolute atomic E-state index is 0.211. The van der Waals surface area contributed by atoms with Crippen LogP contribution in [0.1, 0.15) is 16.1 Å². The minimum atomic E-state index is -0.552. The van der Waals surface area contributed by atoms with Crippen LogP contribution >= 0.6 is 11.8 Å². The normalized spacial score (nSPS) is 10.0. The molecule has 0 fully saturated rings. The van der Waals surface area contributed by atoms with E-state index in [4.69, 9.17) is 5.21 Å². The van der Waals surface area contributed by atoms with E-state index in [2.05, 4.69) is 22.1 Å². The van der Waals surface area contributed by atoms with Crippen molar-refractivity contribution in [3.63, 3.8) is 0 Å². The van der Waals surface area contributed by atoms with Crippen LogP contribution in [0.3, 0.4) is 0 Å². The summed E-state index contributed by atoms with van der Waals surface area (Å²) in [6, 6.07) is 16.5. The molecule has 1 heterocycles. The van der Waals surface area contributed by atoms with E-state index in [1.165, 1.54) is 0 Å². The Morgan fingerprint density at radius 1 is 1.12 bits per heavy atom. The molecule has 3 aromatic rings. The van der Waals surface area contributed by atoms with Crippen molar-refractivity contribution in [3.05, 3.63) is 65.9 Å². The number of aromatic amines is 1. The van der Waals surface area contributed by atoms with Gasteiger partial charge in [0.1, 0.15) is 5.69 Å². The number of hydrogen-bond donors (Lipinski definition) is 4. The monoisotopic (exact) mass is 365 g/mol. The lowest BCUT2D eigenvalue weighted by atomic mass is 10.2. The maximum absolute atomic E-state index is 12.1. The Bertz CT molecular complexity index is 967. The molecule has 130 valence electrons. The molecule has 1 aromatic heterocycles. The van der Waals surface area contributed by atoms with Crippen molar-refractivity contribution >= 4 is 33.8 Å². The number of aromatic nitrogens is 1. The van der Waals surface area contributed by atoms with E-state index in [9.17, 15) is 9.59 Å². The van der Waals surface area contributed by atoms with E-state index in [0.29, 0.717) is 10.6 Å². The maximum Gasteiger partial charge on any atom is 0.307 e. The van der Waals surface area contributed by atoms with Crippen LogP contribution in [0.5, 0.6) is 0 Å². The third-order valence-corrected chi connectivity index (χ3v) is 4.29. The van der Waals surface area contributed by atoms with Gasteiger partial charge in [0.25, 0.3) is 5.91 Å². The number of rotatable bonds is 3. The highest BCUT2D eigenvalue weighted by Crippen LogP contribution is 2.18. The number of amides is 2. The van der Waals surface area contributed by atoms with Gasteiger partial charge in [0.15, 0.2) is 0 Å². The van der Waals surface area contributed by atoms with Crippen LogP contribution in [-0.4, -0.2) is 27.9 Å². The van der Waals surface area contributed by atoms with Gasteiger partial charge < -0.3 is 10.3 Å². The number of hydroxylamine groups is 1. The topological polar surface area (TPSA) is 94.2 Å². The van der Waals surface area contributed by atoms with E-state index in [0.717, 1.165) is 28.2 Å². The first kappa shape index (κ1) is 17.6.